The predicted molar refractivity (Wildman–Crippen MR) is 125 cm³/mol. The lowest BCUT2D eigenvalue weighted by Gasteiger charge is -2.08. The smallest absolute Gasteiger partial charge is 0.160 e. The van der Waals surface area contributed by atoms with Crippen molar-refractivity contribution in [2.75, 3.05) is 0 Å². The molecule has 0 radical (unpaired) electrons. The molecule has 2 nitrogen and oxygen atoms in total. The van der Waals surface area contributed by atoms with Gasteiger partial charge in [0.1, 0.15) is 0 Å². The average molecular weight is 393 g/mol. The Hall–Kier alpha value is -3.30. The molecule has 29 heavy (non-hydrogen) atoms. The lowest BCUT2D eigenvalue weighted by molar-refractivity contribution is 1.24. The second-order valence-electron chi connectivity index (χ2n) is 7.09. The molecule has 3 aromatic carbocycles. The molecule has 2 heterocycles. The van der Waals surface area contributed by atoms with Crippen LogP contribution in [0.25, 0.3) is 48.5 Å². The third-order valence-electron chi connectivity index (χ3n) is 5.28. The van der Waals surface area contributed by atoms with Gasteiger partial charge in [0.25, 0.3) is 0 Å². The molecular weight excluding hydrogens is 372 g/mol. The summed E-state index contributed by atoms with van der Waals surface area (Å²) in [7, 11) is 0. The molecule has 0 fully saturated rings. The van der Waals surface area contributed by atoms with Crippen LogP contribution in [0.5, 0.6) is 0 Å². The molecular formula is C26H20N2S. The van der Waals surface area contributed by atoms with E-state index in [2.05, 4.69) is 92.7 Å². The maximum absolute atomic E-state index is 5.04. The summed E-state index contributed by atoms with van der Waals surface area (Å²) in [5, 5.41) is 1.19. The minimum absolute atomic E-state index is 0.769. The topological polar surface area (TPSA) is 25.8 Å². The summed E-state index contributed by atoms with van der Waals surface area (Å²) in [6, 6.07) is 27.4. The Morgan fingerprint density at radius 2 is 1.59 bits per heavy atom. The number of fused-ring (bicyclic) bond motifs is 3. The Morgan fingerprint density at radius 1 is 0.828 bits per heavy atom. The summed E-state index contributed by atoms with van der Waals surface area (Å²) in [6.45, 7) is 4.19. The van der Waals surface area contributed by atoms with Crippen molar-refractivity contribution in [1.29, 1.82) is 0 Å². The third kappa shape index (κ3) is 3.14. The van der Waals surface area contributed by atoms with Gasteiger partial charge in [-0.3, -0.25) is 0 Å². The van der Waals surface area contributed by atoms with Crippen LogP contribution < -0.4 is 0 Å². The Bertz CT molecular complexity index is 1360. The minimum atomic E-state index is 0.769. The summed E-state index contributed by atoms with van der Waals surface area (Å²) < 4.78 is 2.38. The Labute approximate surface area is 174 Å². The van der Waals surface area contributed by atoms with E-state index in [1.807, 2.05) is 6.07 Å². The fourth-order valence-electron chi connectivity index (χ4n) is 3.58. The second kappa shape index (κ2) is 7.26. The Balaban J connectivity index is 1.82. The van der Waals surface area contributed by atoms with Crippen LogP contribution in [0.3, 0.4) is 0 Å². The van der Waals surface area contributed by atoms with Gasteiger partial charge in [-0.15, -0.1) is 11.3 Å². The maximum atomic E-state index is 5.04. The van der Waals surface area contributed by atoms with E-state index in [-0.39, 0.29) is 0 Å². The van der Waals surface area contributed by atoms with Gasteiger partial charge in [-0.25, -0.2) is 9.97 Å². The van der Waals surface area contributed by atoms with E-state index in [4.69, 9.17) is 9.97 Å². The van der Waals surface area contributed by atoms with Crippen molar-refractivity contribution >= 4 is 37.2 Å². The van der Waals surface area contributed by atoms with E-state index in [0.29, 0.717) is 0 Å². The molecule has 0 saturated heterocycles. The second-order valence-corrected chi connectivity index (χ2v) is 8.14. The van der Waals surface area contributed by atoms with Crippen molar-refractivity contribution < 1.29 is 0 Å². The number of aromatic nitrogens is 2. The van der Waals surface area contributed by atoms with E-state index in [1.165, 1.54) is 21.2 Å². The molecule has 0 bridgehead atoms. The van der Waals surface area contributed by atoms with E-state index in [0.717, 1.165) is 32.9 Å². The minimum Gasteiger partial charge on any atom is -0.226 e. The molecule has 0 atom stereocenters. The van der Waals surface area contributed by atoms with Crippen LogP contribution in [-0.4, -0.2) is 9.97 Å². The number of benzene rings is 3. The quantitative estimate of drug-likeness (QED) is 0.316. The van der Waals surface area contributed by atoms with E-state index in [9.17, 15) is 0 Å². The van der Waals surface area contributed by atoms with Crippen molar-refractivity contribution in [1.82, 2.24) is 9.97 Å². The lowest BCUT2D eigenvalue weighted by Crippen LogP contribution is -1.94. The number of hydrogen-bond donors (Lipinski definition) is 0. The molecule has 0 N–H and O–H groups in total. The van der Waals surface area contributed by atoms with Gasteiger partial charge in [-0.1, -0.05) is 72.8 Å². The van der Waals surface area contributed by atoms with Gasteiger partial charge < -0.3 is 0 Å². The highest BCUT2D eigenvalue weighted by molar-refractivity contribution is 7.26. The fraction of sp³-hybridized carbons (Fsp3) is 0.0769. The Morgan fingerprint density at radius 3 is 2.41 bits per heavy atom. The average Bonchev–Trinajstić information content (AvgIpc) is 3.17. The first-order valence-corrected chi connectivity index (χ1v) is 10.5. The van der Waals surface area contributed by atoms with E-state index < -0.39 is 0 Å². The molecule has 0 aliphatic rings. The monoisotopic (exact) mass is 392 g/mol. The van der Waals surface area contributed by atoms with Crippen LogP contribution in [0.4, 0.5) is 0 Å². The number of rotatable bonds is 3. The standard InChI is InChI=1S/C26H20N2S/c1-3-17(2)19-12-9-13-20(16-19)26-27-23(18-10-5-4-6-11-18)25-24(28-26)21-14-7-8-15-22(21)29-25/h3-16H,1-2H3. The zero-order valence-corrected chi connectivity index (χ0v) is 17.2. The zero-order valence-electron chi connectivity index (χ0n) is 16.4. The molecule has 2 aromatic heterocycles. The van der Waals surface area contributed by atoms with Gasteiger partial charge in [-0.05, 0) is 37.1 Å². The van der Waals surface area contributed by atoms with Crippen LogP contribution in [-0.2, 0) is 0 Å². The van der Waals surface area contributed by atoms with Gasteiger partial charge >= 0.3 is 0 Å². The molecule has 0 spiro atoms. The lowest BCUT2D eigenvalue weighted by atomic mass is 10.0. The van der Waals surface area contributed by atoms with Gasteiger partial charge in [0.05, 0.1) is 15.9 Å². The first kappa shape index (κ1) is 17.8. The summed E-state index contributed by atoms with van der Waals surface area (Å²) in [5.41, 5.74) is 6.64. The number of thiophene rings is 1. The van der Waals surface area contributed by atoms with Gasteiger partial charge in [0.15, 0.2) is 5.82 Å². The first-order valence-electron chi connectivity index (χ1n) is 9.73. The van der Waals surface area contributed by atoms with Crippen molar-refractivity contribution in [3.8, 4) is 22.6 Å². The molecule has 0 unspecified atom stereocenters. The fourth-order valence-corrected chi connectivity index (χ4v) is 4.74. The molecule has 0 saturated carbocycles. The predicted octanol–water partition coefficient (Wildman–Crippen LogP) is 7.60. The first-order chi connectivity index (χ1) is 14.2. The van der Waals surface area contributed by atoms with E-state index in [1.54, 1.807) is 11.3 Å². The highest BCUT2D eigenvalue weighted by atomic mass is 32.1. The largest absolute Gasteiger partial charge is 0.226 e. The number of nitrogens with zero attached hydrogens (tertiary/aromatic N) is 2. The molecule has 0 amide bonds. The van der Waals surface area contributed by atoms with Crippen molar-refractivity contribution in [3.05, 3.63) is 90.5 Å². The van der Waals surface area contributed by atoms with Crippen LogP contribution in [0.2, 0.25) is 0 Å². The van der Waals surface area contributed by atoms with Gasteiger partial charge in [0, 0.05) is 21.2 Å². The van der Waals surface area contributed by atoms with Crippen molar-refractivity contribution in [2.24, 2.45) is 0 Å². The Kier molecular flexibility index (Phi) is 4.45. The molecule has 140 valence electrons. The van der Waals surface area contributed by atoms with Gasteiger partial charge in [-0.2, -0.15) is 0 Å². The van der Waals surface area contributed by atoms with Crippen LogP contribution in [0, 0.1) is 0 Å². The third-order valence-corrected chi connectivity index (χ3v) is 6.44. The summed E-state index contributed by atoms with van der Waals surface area (Å²) >= 11 is 1.76. The summed E-state index contributed by atoms with van der Waals surface area (Å²) in [5.74, 6) is 0.769. The highest BCUT2D eigenvalue weighted by Crippen LogP contribution is 2.39. The highest BCUT2D eigenvalue weighted by Gasteiger charge is 2.16. The van der Waals surface area contributed by atoms with Crippen LogP contribution in [0.15, 0.2) is 84.9 Å². The van der Waals surface area contributed by atoms with Crippen molar-refractivity contribution in [3.63, 3.8) is 0 Å². The SMILES string of the molecule is CC=C(C)c1cccc(-c2nc(-c3ccccc3)c3sc4ccccc4c3n2)c1. The van der Waals surface area contributed by atoms with Crippen LogP contribution in [0.1, 0.15) is 19.4 Å². The zero-order chi connectivity index (χ0) is 19.8. The summed E-state index contributed by atoms with van der Waals surface area (Å²) in [4.78, 5) is 10.1. The molecule has 5 aromatic rings. The molecule has 0 aliphatic carbocycles. The number of allylic oxidation sites excluding steroid dienone is 2. The van der Waals surface area contributed by atoms with E-state index >= 15 is 0 Å². The van der Waals surface area contributed by atoms with Gasteiger partial charge in [0.2, 0.25) is 0 Å². The number of hydrogen-bond acceptors (Lipinski definition) is 3. The summed E-state index contributed by atoms with van der Waals surface area (Å²) in [6.07, 6.45) is 2.13. The molecule has 0 aliphatic heterocycles. The van der Waals surface area contributed by atoms with Crippen LogP contribution >= 0.6 is 11.3 Å². The maximum Gasteiger partial charge on any atom is 0.160 e. The normalized spacial score (nSPS) is 12.0. The molecule has 5 rings (SSSR count). The molecule has 3 heteroatoms. The van der Waals surface area contributed by atoms with Crippen molar-refractivity contribution in [2.45, 2.75) is 13.8 Å².